The molecule has 0 saturated heterocycles. The van der Waals surface area contributed by atoms with Crippen molar-refractivity contribution in [3.8, 4) is 6.07 Å². The fourth-order valence-corrected chi connectivity index (χ4v) is 3.45. The average Bonchev–Trinajstić information content (AvgIpc) is 2.90. The van der Waals surface area contributed by atoms with Crippen molar-refractivity contribution in [3.63, 3.8) is 0 Å². The molecule has 0 aromatic carbocycles. The lowest BCUT2D eigenvalue weighted by molar-refractivity contribution is -0.127. The maximum absolute atomic E-state index is 11.9. The minimum atomic E-state index is -0.911. The van der Waals surface area contributed by atoms with Gasteiger partial charge in [-0.1, -0.05) is 6.42 Å². The summed E-state index contributed by atoms with van der Waals surface area (Å²) in [4.78, 5) is 11.9. The van der Waals surface area contributed by atoms with Crippen molar-refractivity contribution in [2.24, 2.45) is 23.2 Å². The number of amides is 1. The van der Waals surface area contributed by atoms with E-state index >= 15 is 0 Å². The normalized spacial score (nSPS) is 33.2. The Hall–Kier alpha value is -1.04. The predicted octanol–water partition coefficient (Wildman–Crippen LogP) is 2.48. The lowest BCUT2D eigenvalue weighted by atomic mass is 9.83. The summed E-state index contributed by atoms with van der Waals surface area (Å²) >= 11 is 0. The van der Waals surface area contributed by atoms with Crippen molar-refractivity contribution in [3.05, 3.63) is 0 Å². The molecule has 17 heavy (non-hydrogen) atoms. The van der Waals surface area contributed by atoms with Crippen molar-refractivity contribution in [2.45, 2.75) is 52.5 Å². The zero-order valence-electron chi connectivity index (χ0n) is 11.0. The number of fused-ring (bicyclic) bond motifs is 2. The molecule has 2 saturated carbocycles. The van der Waals surface area contributed by atoms with Gasteiger partial charge < -0.3 is 5.32 Å². The highest BCUT2D eigenvalue weighted by molar-refractivity contribution is 5.84. The number of rotatable bonds is 3. The SMILES string of the molecule is CC(NC(=O)C(C)(C)C#N)C1CC2CCC1C2. The molecule has 0 aromatic heterocycles. The van der Waals surface area contributed by atoms with E-state index < -0.39 is 5.41 Å². The summed E-state index contributed by atoms with van der Waals surface area (Å²) in [6.07, 6.45) is 5.33. The Balaban J connectivity index is 1.92. The fourth-order valence-electron chi connectivity index (χ4n) is 3.45. The third kappa shape index (κ3) is 2.31. The van der Waals surface area contributed by atoms with E-state index in [1.54, 1.807) is 13.8 Å². The lowest BCUT2D eigenvalue weighted by Gasteiger charge is -2.30. The lowest BCUT2D eigenvalue weighted by Crippen LogP contribution is -2.45. The number of nitrogens with one attached hydrogen (secondary N) is 1. The van der Waals surface area contributed by atoms with Crippen LogP contribution in [0.4, 0.5) is 0 Å². The number of nitriles is 1. The molecule has 1 N–H and O–H groups in total. The van der Waals surface area contributed by atoms with E-state index in [1.165, 1.54) is 25.7 Å². The highest BCUT2D eigenvalue weighted by atomic mass is 16.2. The van der Waals surface area contributed by atoms with E-state index in [0.29, 0.717) is 5.92 Å². The van der Waals surface area contributed by atoms with Gasteiger partial charge in [0.25, 0.3) is 0 Å². The molecule has 2 rings (SSSR count). The molecule has 0 aliphatic heterocycles. The highest BCUT2D eigenvalue weighted by Gasteiger charge is 2.42. The second-order valence-corrected chi connectivity index (χ2v) is 6.34. The van der Waals surface area contributed by atoms with Crippen LogP contribution in [0.25, 0.3) is 0 Å². The molecule has 1 amide bonds. The van der Waals surface area contributed by atoms with E-state index in [0.717, 1.165) is 11.8 Å². The van der Waals surface area contributed by atoms with E-state index in [1.807, 2.05) is 0 Å². The molecule has 0 radical (unpaired) electrons. The van der Waals surface area contributed by atoms with Crippen molar-refractivity contribution >= 4 is 5.91 Å². The molecule has 4 atom stereocenters. The summed E-state index contributed by atoms with van der Waals surface area (Å²) in [5, 5.41) is 12.0. The monoisotopic (exact) mass is 234 g/mol. The van der Waals surface area contributed by atoms with Gasteiger partial charge in [-0.2, -0.15) is 5.26 Å². The standard InChI is InChI=1S/C14H22N2O/c1-9(16-13(17)14(2,3)8-15)12-7-10-4-5-11(12)6-10/h9-12H,4-7H2,1-3H3,(H,16,17). The predicted molar refractivity (Wildman–Crippen MR) is 65.9 cm³/mol. The Bertz CT molecular complexity index is 356. The summed E-state index contributed by atoms with van der Waals surface area (Å²) < 4.78 is 0. The number of nitrogens with zero attached hydrogens (tertiary/aromatic N) is 1. The maximum Gasteiger partial charge on any atom is 0.240 e. The minimum absolute atomic E-state index is 0.129. The van der Waals surface area contributed by atoms with E-state index in [2.05, 4.69) is 18.3 Å². The van der Waals surface area contributed by atoms with E-state index in [9.17, 15) is 4.79 Å². The number of hydrogen-bond donors (Lipinski definition) is 1. The Morgan fingerprint density at radius 1 is 1.41 bits per heavy atom. The molecule has 4 unspecified atom stereocenters. The first-order chi connectivity index (χ1) is 7.94. The van der Waals surface area contributed by atoms with Crippen LogP contribution in [-0.2, 0) is 4.79 Å². The summed E-state index contributed by atoms with van der Waals surface area (Å²) in [5.41, 5.74) is -0.911. The van der Waals surface area contributed by atoms with E-state index in [4.69, 9.17) is 5.26 Å². The number of carbonyl (C=O) groups is 1. The van der Waals surface area contributed by atoms with Crippen LogP contribution < -0.4 is 5.32 Å². The zero-order valence-corrected chi connectivity index (χ0v) is 11.0. The van der Waals surface area contributed by atoms with Gasteiger partial charge in [-0.05, 0) is 57.8 Å². The first-order valence-corrected chi connectivity index (χ1v) is 6.66. The number of hydrogen-bond acceptors (Lipinski definition) is 2. The molecule has 2 bridgehead atoms. The molecule has 94 valence electrons. The minimum Gasteiger partial charge on any atom is -0.352 e. The van der Waals surface area contributed by atoms with Gasteiger partial charge in [0.15, 0.2) is 0 Å². The van der Waals surface area contributed by atoms with Crippen LogP contribution in [-0.4, -0.2) is 11.9 Å². The van der Waals surface area contributed by atoms with Gasteiger partial charge in [0.05, 0.1) is 6.07 Å². The second-order valence-electron chi connectivity index (χ2n) is 6.34. The van der Waals surface area contributed by atoms with Crippen LogP contribution in [0.3, 0.4) is 0 Å². The van der Waals surface area contributed by atoms with Gasteiger partial charge in [0, 0.05) is 6.04 Å². The molecule has 0 aromatic rings. The summed E-state index contributed by atoms with van der Waals surface area (Å²) in [7, 11) is 0. The van der Waals surface area contributed by atoms with Crippen LogP contribution in [0.2, 0.25) is 0 Å². The molecule has 2 fully saturated rings. The maximum atomic E-state index is 11.9. The third-order valence-electron chi connectivity index (χ3n) is 4.64. The smallest absolute Gasteiger partial charge is 0.240 e. The van der Waals surface area contributed by atoms with Gasteiger partial charge in [-0.3, -0.25) is 4.79 Å². The number of carbonyl (C=O) groups excluding carboxylic acids is 1. The largest absolute Gasteiger partial charge is 0.352 e. The topological polar surface area (TPSA) is 52.9 Å². The molecular formula is C14H22N2O. The molecule has 3 heteroatoms. The Morgan fingerprint density at radius 3 is 2.59 bits per heavy atom. The average molecular weight is 234 g/mol. The molecule has 2 aliphatic rings. The van der Waals surface area contributed by atoms with Crippen LogP contribution in [0.5, 0.6) is 0 Å². The summed E-state index contributed by atoms with van der Waals surface area (Å²) in [5.74, 6) is 2.20. The highest BCUT2D eigenvalue weighted by Crippen LogP contribution is 2.49. The van der Waals surface area contributed by atoms with Crippen molar-refractivity contribution in [2.75, 3.05) is 0 Å². The van der Waals surface area contributed by atoms with Crippen LogP contribution in [0.15, 0.2) is 0 Å². The fraction of sp³-hybridized carbons (Fsp3) is 0.857. The second kappa shape index (κ2) is 4.33. The summed E-state index contributed by atoms with van der Waals surface area (Å²) in [6, 6.07) is 2.27. The van der Waals surface area contributed by atoms with Crippen LogP contribution in [0.1, 0.15) is 46.5 Å². The van der Waals surface area contributed by atoms with Crippen LogP contribution >= 0.6 is 0 Å². The van der Waals surface area contributed by atoms with Crippen molar-refractivity contribution in [1.29, 1.82) is 5.26 Å². The van der Waals surface area contributed by atoms with Gasteiger partial charge in [0.2, 0.25) is 5.91 Å². The summed E-state index contributed by atoms with van der Waals surface area (Å²) in [6.45, 7) is 5.45. The quantitative estimate of drug-likeness (QED) is 0.815. The third-order valence-corrected chi connectivity index (χ3v) is 4.64. The van der Waals surface area contributed by atoms with Crippen LogP contribution in [0, 0.1) is 34.5 Å². The molecule has 0 heterocycles. The van der Waals surface area contributed by atoms with Crippen molar-refractivity contribution < 1.29 is 4.79 Å². The Labute approximate surface area is 104 Å². The Kier molecular flexibility index (Phi) is 3.16. The van der Waals surface area contributed by atoms with Gasteiger partial charge in [-0.25, -0.2) is 0 Å². The molecule has 2 aliphatic carbocycles. The molecule has 3 nitrogen and oxygen atoms in total. The van der Waals surface area contributed by atoms with Gasteiger partial charge >= 0.3 is 0 Å². The van der Waals surface area contributed by atoms with Gasteiger partial charge in [-0.15, -0.1) is 0 Å². The van der Waals surface area contributed by atoms with Gasteiger partial charge in [0.1, 0.15) is 5.41 Å². The molecule has 0 spiro atoms. The van der Waals surface area contributed by atoms with E-state index in [-0.39, 0.29) is 11.9 Å². The first kappa shape index (κ1) is 12.4. The first-order valence-electron chi connectivity index (χ1n) is 6.66. The zero-order chi connectivity index (χ0) is 12.6. The molecular weight excluding hydrogens is 212 g/mol. The van der Waals surface area contributed by atoms with Crippen molar-refractivity contribution in [1.82, 2.24) is 5.32 Å². The Morgan fingerprint density at radius 2 is 2.12 bits per heavy atom.